The number of carbonyl (C=O) groups is 1. The predicted molar refractivity (Wildman–Crippen MR) is 59.6 cm³/mol. The third-order valence-electron chi connectivity index (χ3n) is 4.07. The van der Waals surface area contributed by atoms with Crippen molar-refractivity contribution in [2.45, 2.75) is 52.2 Å². The van der Waals surface area contributed by atoms with Gasteiger partial charge in [0.1, 0.15) is 0 Å². The van der Waals surface area contributed by atoms with E-state index >= 15 is 0 Å². The van der Waals surface area contributed by atoms with Gasteiger partial charge in [0.15, 0.2) is 5.78 Å². The molecule has 0 N–H and O–H groups in total. The maximum Gasteiger partial charge on any atom is 0.152 e. The van der Waals surface area contributed by atoms with Gasteiger partial charge < -0.3 is 4.74 Å². The molecule has 0 saturated carbocycles. The van der Waals surface area contributed by atoms with Gasteiger partial charge >= 0.3 is 0 Å². The zero-order chi connectivity index (χ0) is 11.3. The largest absolute Gasteiger partial charge is 0.367 e. The summed E-state index contributed by atoms with van der Waals surface area (Å²) < 4.78 is 6.10. The van der Waals surface area contributed by atoms with E-state index in [9.17, 15) is 4.79 Å². The average molecular weight is 208 g/mol. The monoisotopic (exact) mass is 208 g/mol. The highest BCUT2D eigenvalue weighted by atomic mass is 16.5. The van der Waals surface area contributed by atoms with Crippen LogP contribution < -0.4 is 0 Å². The quantitative estimate of drug-likeness (QED) is 0.652. The molecular weight excluding hydrogens is 188 g/mol. The van der Waals surface area contributed by atoms with E-state index in [-0.39, 0.29) is 16.8 Å². The molecule has 2 heterocycles. The van der Waals surface area contributed by atoms with E-state index in [1.807, 2.05) is 6.08 Å². The summed E-state index contributed by atoms with van der Waals surface area (Å²) in [5, 5.41) is 0. The lowest BCUT2D eigenvalue weighted by Gasteiger charge is -2.41. The second-order valence-corrected chi connectivity index (χ2v) is 5.70. The SMILES string of the molecule is CC(=O)C=C[C@]12O[C@H](C[C@H]1C)CC2(C)C. The van der Waals surface area contributed by atoms with Crippen LogP contribution in [0.5, 0.6) is 0 Å². The van der Waals surface area contributed by atoms with Crippen LogP contribution in [-0.4, -0.2) is 17.5 Å². The van der Waals surface area contributed by atoms with E-state index < -0.39 is 0 Å². The fraction of sp³-hybridized carbons (Fsp3) is 0.769. The lowest BCUT2D eigenvalue weighted by atomic mass is 9.63. The molecule has 2 saturated heterocycles. The normalized spacial score (nSPS) is 42.7. The van der Waals surface area contributed by atoms with Crippen LogP contribution in [0.3, 0.4) is 0 Å². The maximum atomic E-state index is 11.0. The van der Waals surface area contributed by atoms with E-state index in [0.29, 0.717) is 12.0 Å². The Balaban J connectivity index is 2.33. The Morgan fingerprint density at radius 1 is 1.47 bits per heavy atom. The topological polar surface area (TPSA) is 26.3 Å². The molecular formula is C13H20O2. The second-order valence-electron chi connectivity index (χ2n) is 5.70. The number of rotatable bonds is 2. The predicted octanol–water partition coefficient (Wildman–Crippen LogP) is 2.73. The van der Waals surface area contributed by atoms with Crippen molar-refractivity contribution in [2.24, 2.45) is 11.3 Å². The van der Waals surface area contributed by atoms with Crippen LogP contribution >= 0.6 is 0 Å². The molecule has 2 aliphatic rings. The smallest absolute Gasteiger partial charge is 0.152 e. The Morgan fingerprint density at radius 3 is 2.60 bits per heavy atom. The molecule has 0 aromatic heterocycles. The summed E-state index contributed by atoms with van der Waals surface area (Å²) in [5.74, 6) is 0.619. The van der Waals surface area contributed by atoms with Crippen LogP contribution in [0, 0.1) is 11.3 Å². The summed E-state index contributed by atoms with van der Waals surface area (Å²) in [6, 6.07) is 0. The number of hydrogen-bond acceptors (Lipinski definition) is 2. The van der Waals surface area contributed by atoms with Gasteiger partial charge in [-0.25, -0.2) is 0 Å². The lowest BCUT2D eigenvalue weighted by Crippen LogP contribution is -2.44. The number of ether oxygens (including phenoxy) is 1. The van der Waals surface area contributed by atoms with Gasteiger partial charge in [-0.15, -0.1) is 0 Å². The summed E-state index contributed by atoms with van der Waals surface area (Å²) in [6.07, 6.45) is 6.32. The Bertz CT molecular complexity index is 316. The summed E-state index contributed by atoms with van der Waals surface area (Å²) in [7, 11) is 0. The molecule has 0 aliphatic carbocycles. The fourth-order valence-corrected chi connectivity index (χ4v) is 3.36. The zero-order valence-electron chi connectivity index (χ0n) is 10.0. The van der Waals surface area contributed by atoms with Crippen LogP contribution in [0.1, 0.15) is 40.5 Å². The first-order valence-corrected chi connectivity index (χ1v) is 5.75. The minimum Gasteiger partial charge on any atom is -0.367 e. The van der Waals surface area contributed by atoms with Gasteiger partial charge in [0.05, 0.1) is 11.7 Å². The highest BCUT2D eigenvalue weighted by molar-refractivity contribution is 5.87. The molecule has 2 rings (SSSR count). The van der Waals surface area contributed by atoms with Gasteiger partial charge in [-0.3, -0.25) is 4.79 Å². The summed E-state index contributed by atoms with van der Waals surface area (Å²) >= 11 is 0. The highest BCUT2D eigenvalue weighted by Crippen LogP contribution is 2.58. The van der Waals surface area contributed by atoms with E-state index in [2.05, 4.69) is 20.8 Å². The van der Waals surface area contributed by atoms with Crippen LogP contribution in [0.15, 0.2) is 12.2 Å². The van der Waals surface area contributed by atoms with Gasteiger partial charge in [-0.05, 0) is 37.8 Å². The average Bonchev–Trinajstić information content (AvgIpc) is 2.50. The molecule has 2 nitrogen and oxygen atoms in total. The standard InChI is InChI=1S/C13H20O2/c1-9-7-11-8-12(3,4)13(9,15-11)6-5-10(2)14/h5-6,9,11H,7-8H2,1-4H3/t9-,11-,13+/m1/s1. The van der Waals surface area contributed by atoms with E-state index in [0.717, 1.165) is 12.8 Å². The van der Waals surface area contributed by atoms with Crippen molar-refractivity contribution >= 4 is 5.78 Å². The van der Waals surface area contributed by atoms with Gasteiger partial charge in [-0.2, -0.15) is 0 Å². The number of fused-ring (bicyclic) bond motifs is 2. The number of carbonyl (C=O) groups excluding carboxylic acids is 1. The first kappa shape index (κ1) is 10.9. The third-order valence-corrected chi connectivity index (χ3v) is 4.07. The molecule has 0 spiro atoms. The fourth-order valence-electron chi connectivity index (χ4n) is 3.36. The molecule has 0 aromatic carbocycles. The van der Waals surface area contributed by atoms with Crippen molar-refractivity contribution in [2.75, 3.05) is 0 Å². The van der Waals surface area contributed by atoms with Crippen molar-refractivity contribution in [1.82, 2.24) is 0 Å². The molecule has 0 unspecified atom stereocenters. The molecule has 0 amide bonds. The third kappa shape index (κ3) is 1.46. The second kappa shape index (κ2) is 3.18. The Hall–Kier alpha value is -0.630. The first-order chi connectivity index (χ1) is 6.87. The van der Waals surface area contributed by atoms with Crippen molar-refractivity contribution < 1.29 is 9.53 Å². The Morgan fingerprint density at radius 2 is 2.13 bits per heavy atom. The Kier molecular flexibility index (Phi) is 2.30. The van der Waals surface area contributed by atoms with Crippen LogP contribution in [0.2, 0.25) is 0 Å². The van der Waals surface area contributed by atoms with Crippen LogP contribution in [0.4, 0.5) is 0 Å². The molecule has 0 aromatic rings. The molecule has 2 fully saturated rings. The van der Waals surface area contributed by atoms with Crippen molar-refractivity contribution in [1.29, 1.82) is 0 Å². The molecule has 84 valence electrons. The number of ketones is 1. The summed E-state index contributed by atoms with van der Waals surface area (Å²) in [5.41, 5.74) is -0.0510. The first-order valence-electron chi connectivity index (χ1n) is 5.75. The number of allylic oxidation sites excluding steroid dienone is 1. The highest BCUT2D eigenvalue weighted by Gasteiger charge is 2.60. The minimum atomic E-state index is -0.205. The molecule has 3 atom stereocenters. The van der Waals surface area contributed by atoms with E-state index in [4.69, 9.17) is 4.74 Å². The maximum absolute atomic E-state index is 11.0. The van der Waals surface area contributed by atoms with Gasteiger partial charge in [0.2, 0.25) is 0 Å². The van der Waals surface area contributed by atoms with Gasteiger partial charge in [-0.1, -0.05) is 20.8 Å². The van der Waals surface area contributed by atoms with E-state index in [1.165, 1.54) is 0 Å². The van der Waals surface area contributed by atoms with Gasteiger partial charge in [0, 0.05) is 5.41 Å². The summed E-state index contributed by atoms with van der Waals surface area (Å²) in [4.78, 5) is 11.0. The molecule has 2 heteroatoms. The van der Waals surface area contributed by atoms with Gasteiger partial charge in [0.25, 0.3) is 0 Å². The van der Waals surface area contributed by atoms with Crippen LogP contribution in [0.25, 0.3) is 0 Å². The van der Waals surface area contributed by atoms with Crippen LogP contribution in [-0.2, 0) is 9.53 Å². The Labute approximate surface area is 91.7 Å². The molecule has 15 heavy (non-hydrogen) atoms. The van der Waals surface area contributed by atoms with Crippen molar-refractivity contribution in [3.8, 4) is 0 Å². The van der Waals surface area contributed by atoms with E-state index in [1.54, 1.807) is 13.0 Å². The lowest BCUT2D eigenvalue weighted by molar-refractivity contribution is -0.112. The number of hydrogen-bond donors (Lipinski definition) is 0. The van der Waals surface area contributed by atoms with Crippen molar-refractivity contribution in [3.05, 3.63) is 12.2 Å². The minimum absolute atomic E-state index is 0.103. The molecule has 0 radical (unpaired) electrons. The summed E-state index contributed by atoms with van der Waals surface area (Å²) in [6.45, 7) is 8.30. The molecule has 2 aliphatic heterocycles. The zero-order valence-corrected chi connectivity index (χ0v) is 10.0. The van der Waals surface area contributed by atoms with Crippen molar-refractivity contribution in [3.63, 3.8) is 0 Å². The molecule has 2 bridgehead atoms.